The van der Waals surface area contributed by atoms with Gasteiger partial charge in [0.1, 0.15) is 0 Å². The van der Waals surface area contributed by atoms with E-state index in [4.69, 9.17) is 0 Å². The number of nitrogens with one attached hydrogen (secondary N) is 1. The van der Waals surface area contributed by atoms with Crippen molar-refractivity contribution in [2.45, 2.75) is 41.2 Å². The molecule has 0 atom stereocenters. The van der Waals surface area contributed by atoms with Crippen molar-refractivity contribution in [2.75, 3.05) is 6.54 Å². The normalized spacial score (nSPS) is 11.6. The van der Waals surface area contributed by atoms with E-state index >= 15 is 0 Å². The van der Waals surface area contributed by atoms with Crippen LogP contribution in [0.4, 0.5) is 0 Å². The van der Waals surface area contributed by atoms with E-state index in [1.165, 1.54) is 5.56 Å². The second-order valence-corrected chi connectivity index (χ2v) is 6.73. The summed E-state index contributed by atoms with van der Waals surface area (Å²) in [7, 11) is 1.97. The van der Waals surface area contributed by atoms with E-state index in [-0.39, 0.29) is 0 Å². The molecule has 1 N–H and O–H groups in total. The number of nitrogens with zero attached hydrogens (tertiary/aromatic N) is 4. The van der Waals surface area contributed by atoms with Crippen molar-refractivity contribution in [2.24, 2.45) is 13.0 Å². The van der Waals surface area contributed by atoms with Crippen molar-refractivity contribution in [3.8, 4) is 5.82 Å². The lowest BCUT2D eigenvalue weighted by Crippen LogP contribution is -2.20. The summed E-state index contributed by atoms with van der Waals surface area (Å²) in [6.07, 6.45) is 0. The number of aromatic nitrogens is 4. The van der Waals surface area contributed by atoms with Crippen LogP contribution in [0.25, 0.3) is 5.82 Å². The summed E-state index contributed by atoms with van der Waals surface area (Å²) in [5.41, 5.74) is 4.34. The molecule has 0 unspecified atom stereocenters. The van der Waals surface area contributed by atoms with Gasteiger partial charge in [0.05, 0.1) is 21.6 Å². The maximum absolute atomic E-state index is 4.64. The number of aryl methyl sites for hydroxylation is 3. The average Bonchev–Trinajstić information content (AvgIpc) is 2.81. The molecule has 0 aromatic carbocycles. The number of halogens is 1. The van der Waals surface area contributed by atoms with Gasteiger partial charge in [0.15, 0.2) is 5.82 Å². The quantitative estimate of drug-likeness (QED) is 0.898. The van der Waals surface area contributed by atoms with Crippen LogP contribution in [-0.4, -0.2) is 26.1 Å². The first kappa shape index (κ1) is 16.2. The molecule has 2 rings (SSSR count). The summed E-state index contributed by atoms with van der Waals surface area (Å²) in [5.74, 6) is 1.67. The fourth-order valence-electron chi connectivity index (χ4n) is 2.48. The Labute approximate surface area is 134 Å². The molecule has 0 saturated heterocycles. The van der Waals surface area contributed by atoms with Gasteiger partial charge in [-0.3, -0.25) is 4.68 Å². The van der Waals surface area contributed by atoms with Crippen LogP contribution in [0.5, 0.6) is 0 Å². The maximum atomic E-state index is 4.64. The predicted molar refractivity (Wildman–Crippen MR) is 88.8 cm³/mol. The van der Waals surface area contributed by atoms with Gasteiger partial charge in [-0.05, 0) is 49.2 Å². The van der Waals surface area contributed by atoms with Crippen molar-refractivity contribution in [1.29, 1.82) is 0 Å². The lowest BCUT2D eigenvalue weighted by molar-refractivity contribution is 0.549. The Balaban J connectivity index is 2.41. The van der Waals surface area contributed by atoms with Crippen LogP contribution in [0.1, 0.15) is 36.5 Å². The zero-order valence-electron chi connectivity index (χ0n) is 13.7. The molecule has 2 aromatic heterocycles. The van der Waals surface area contributed by atoms with E-state index in [1.807, 2.05) is 23.3 Å². The highest BCUT2D eigenvalue weighted by molar-refractivity contribution is 9.10. The molecule has 0 amide bonds. The summed E-state index contributed by atoms with van der Waals surface area (Å²) < 4.78 is 4.95. The van der Waals surface area contributed by atoms with Crippen molar-refractivity contribution >= 4 is 15.9 Å². The van der Waals surface area contributed by atoms with Gasteiger partial charge in [0.2, 0.25) is 0 Å². The molecule has 116 valence electrons. The zero-order valence-corrected chi connectivity index (χ0v) is 15.2. The van der Waals surface area contributed by atoms with Crippen LogP contribution < -0.4 is 5.32 Å². The third-order valence-electron chi connectivity index (χ3n) is 3.57. The molecule has 0 saturated carbocycles. The second-order valence-electron chi connectivity index (χ2n) is 5.93. The van der Waals surface area contributed by atoms with Gasteiger partial charge < -0.3 is 5.32 Å². The Bertz CT molecular complexity index is 639. The Morgan fingerprint density at radius 3 is 2.33 bits per heavy atom. The molecule has 0 bridgehead atoms. The third-order valence-corrected chi connectivity index (χ3v) is 4.72. The molecule has 2 aromatic rings. The maximum Gasteiger partial charge on any atom is 0.156 e. The van der Waals surface area contributed by atoms with E-state index in [0.717, 1.165) is 40.5 Å². The summed E-state index contributed by atoms with van der Waals surface area (Å²) >= 11 is 3.60. The van der Waals surface area contributed by atoms with Crippen LogP contribution in [0, 0.1) is 26.7 Å². The van der Waals surface area contributed by atoms with Gasteiger partial charge in [0.25, 0.3) is 0 Å². The minimum Gasteiger partial charge on any atom is -0.312 e. The lowest BCUT2D eigenvalue weighted by Gasteiger charge is -2.11. The van der Waals surface area contributed by atoms with E-state index in [9.17, 15) is 0 Å². The van der Waals surface area contributed by atoms with E-state index in [2.05, 4.69) is 59.1 Å². The first-order valence-electron chi connectivity index (χ1n) is 7.28. The van der Waals surface area contributed by atoms with E-state index < -0.39 is 0 Å². The molecule has 0 radical (unpaired) electrons. The molecule has 0 aliphatic carbocycles. The SMILES string of the molecule is Cc1nn(-c2c(CNCC(C)C)c(C)nn2C)c(C)c1Br. The summed E-state index contributed by atoms with van der Waals surface area (Å²) in [6, 6.07) is 0. The Kier molecular flexibility index (Phi) is 4.88. The average molecular weight is 354 g/mol. The fraction of sp³-hybridized carbons (Fsp3) is 0.600. The highest BCUT2D eigenvalue weighted by atomic mass is 79.9. The molecule has 0 spiro atoms. The largest absolute Gasteiger partial charge is 0.312 e. The van der Waals surface area contributed by atoms with Gasteiger partial charge in [-0.25, -0.2) is 4.68 Å². The van der Waals surface area contributed by atoms with Gasteiger partial charge >= 0.3 is 0 Å². The zero-order chi connectivity index (χ0) is 15.7. The predicted octanol–water partition coefficient (Wildman–Crippen LogP) is 3.04. The topological polar surface area (TPSA) is 47.7 Å². The first-order valence-corrected chi connectivity index (χ1v) is 8.07. The molecule has 0 aliphatic heterocycles. The Morgan fingerprint density at radius 2 is 1.81 bits per heavy atom. The van der Waals surface area contributed by atoms with Crippen LogP contribution in [0.3, 0.4) is 0 Å². The lowest BCUT2D eigenvalue weighted by atomic mass is 10.2. The number of hydrogen-bond acceptors (Lipinski definition) is 3. The van der Waals surface area contributed by atoms with Crippen LogP contribution in [0.2, 0.25) is 0 Å². The van der Waals surface area contributed by atoms with Crippen molar-refractivity contribution in [3.63, 3.8) is 0 Å². The molecule has 2 heterocycles. The van der Waals surface area contributed by atoms with Gasteiger partial charge in [-0.2, -0.15) is 10.2 Å². The van der Waals surface area contributed by atoms with Gasteiger partial charge in [-0.1, -0.05) is 13.8 Å². The van der Waals surface area contributed by atoms with Crippen molar-refractivity contribution in [3.05, 3.63) is 27.1 Å². The third kappa shape index (κ3) is 3.21. The van der Waals surface area contributed by atoms with Crippen LogP contribution in [-0.2, 0) is 13.6 Å². The monoisotopic (exact) mass is 353 g/mol. The fourth-order valence-corrected chi connectivity index (χ4v) is 2.72. The molecular weight excluding hydrogens is 330 g/mol. The molecular formula is C15H24BrN5. The van der Waals surface area contributed by atoms with Gasteiger partial charge in [-0.15, -0.1) is 0 Å². The molecule has 21 heavy (non-hydrogen) atoms. The van der Waals surface area contributed by atoms with Gasteiger partial charge in [0, 0.05) is 19.2 Å². The van der Waals surface area contributed by atoms with Crippen LogP contribution >= 0.6 is 15.9 Å². The van der Waals surface area contributed by atoms with Crippen LogP contribution in [0.15, 0.2) is 4.47 Å². The first-order chi connectivity index (χ1) is 9.82. The Hall–Kier alpha value is -1.14. The molecule has 5 nitrogen and oxygen atoms in total. The standard InChI is InChI=1S/C15H24BrN5/c1-9(2)7-17-8-13-10(3)18-20(6)15(13)21-12(5)14(16)11(4)19-21/h9,17H,7-8H2,1-6H3. The molecule has 0 aliphatic rings. The second kappa shape index (κ2) is 6.32. The highest BCUT2D eigenvalue weighted by Crippen LogP contribution is 2.25. The minimum absolute atomic E-state index is 0.633. The van der Waals surface area contributed by atoms with E-state index in [0.29, 0.717) is 5.92 Å². The molecule has 6 heteroatoms. The summed E-state index contributed by atoms with van der Waals surface area (Å²) in [4.78, 5) is 0. The number of hydrogen-bond donors (Lipinski definition) is 1. The smallest absolute Gasteiger partial charge is 0.156 e. The van der Waals surface area contributed by atoms with Crippen molar-refractivity contribution in [1.82, 2.24) is 24.9 Å². The Morgan fingerprint density at radius 1 is 1.14 bits per heavy atom. The highest BCUT2D eigenvalue weighted by Gasteiger charge is 2.19. The summed E-state index contributed by atoms with van der Waals surface area (Å²) in [5, 5.41) is 12.7. The molecule has 0 fully saturated rings. The summed E-state index contributed by atoms with van der Waals surface area (Å²) in [6.45, 7) is 12.4. The van der Waals surface area contributed by atoms with Crippen molar-refractivity contribution < 1.29 is 0 Å². The minimum atomic E-state index is 0.633. The van der Waals surface area contributed by atoms with E-state index in [1.54, 1.807) is 0 Å². The number of rotatable bonds is 5.